The van der Waals surface area contributed by atoms with Crippen LogP contribution in [0.3, 0.4) is 0 Å². The molecule has 118 valence electrons. The molecule has 0 aromatic carbocycles. The van der Waals surface area contributed by atoms with Gasteiger partial charge in [0.15, 0.2) is 0 Å². The van der Waals surface area contributed by atoms with Crippen LogP contribution in [0.15, 0.2) is 11.6 Å². The van der Waals surface area contributed by atoms with E-state index >= 15 is 0 Å². The van der Waals surface area contributed by atoms with Crippen molar-refractivity contribution in [3.63, 3.8) is 0 Å². The number of thiazole rings is 1. The van der Waals surface area contributed by atoms with Gasteiger partial charge in [-0.25, -0.2) is 9.78 Å². The SMILES string of the molecule is CN(Cc1nccs1)C(=O)N[C@H]1CCC[C@@H](C(F)(F)F)C1. The molecule has 4 nitrogen and oxygen atoms in total. The lowest BCUT2D eigenvalue weighted by atomic mass is 9.85. The van der Waals surface area contributed by atoms with Crippen LogP contribution in [0.2, 0.25) is 0 Å². The molecule has 0 spiro atoms. The third kappa shape index (κ3) is 4.59. The highest BCUT2D eigenvalue weighted by Crippen LogP contribution is 2.37. The van der Waals surface area contributed by atoms with Gasteiger partial charge < -0.3 is 10.2 Å². The Hall–Kier alpha value is -1.31. The molecule has 0 radical (unpaired) electrons. The lowest BCUT2D eigenvalue weighted by Crippen LogP contribution is -2.46. The lowest BCUT2D eigenvalue weighted by molar-refractivity contribution is -0.183. The summed E-state index contributed by atoms with van der Waals surface area (Å²) in [4.78, 5) is 17.5. The Morgan fingerprint density at radius 1 is 1.52 bits per heavy atom. The van der Waals surface area contributed by atoms with Gasteiger partial charge >= 0.3 is 12.2 Å². The minimum atomic E-state index is -4.17. The molecule has 1 saturated carbocycles. The highest BCUT2D eigenvalue weighted by Gasteiger charge is 2.42. The molecule has 1 aliphatic rings. The van der Waals surface area contributed by atoms with Crippen LogP contribution in [0.1, 0.15) is 30.7 Å². The zero-order valence-electron chi connectivity index (χ0n) is 11.7. The summed E-state index contributed by atoms with van der Waals surface area (Å²) in [6, 6.07) is -0.755. The third-order valence-electron chi connectivity index (χ3n) is 3.67. The zero-order chi connectivity index (χ0) is 15.5. The number of alkyl halides is 3. The van der Waals surface area contributed by atoms with E-state index in [0.29, 0.717) is 19.4 Å². The predicted octanol–water partition coefficient (Wildman–Crippen LogP) is 3.41. The standard InChI is InChI=1S/C13H18F3N3OS/c1-19(8-11-17-5-6-21-11)12(20)18-10-4-2-3-9(7-10)13(14,15)16/h5-6,9-10H,2-4,7-8H2,1H3,(H,18,20)/t9-,10+/m1/s1. The van der Waals surface area contributed by atoms with Crippen molar-refractivity contribution < 1.29 is 18.0 Å². The maximum atomic E-state index is 12.7. The van der Waals surface area contributed by atoms with Gasteiger partial charge in [0.05, 0.1) is 12.5 Å². The maximum Gasteiger partial charge on any atom is 0.391 e. The number of nitrogens with one attached hydrogen (secondary N) is 1. The van der Waals surface area contributed by atoms with Crippen molar-refractivity contribution >= 4 is 17.4 Å². The fourth-order valence-electron chi connectivity index (χ4n) is 2.51. The summed E-state index contributed by atoms with van der Waals surface area (Å²) in [6.07, 6.45) is -1.29. The summed E-state index contributed by atoms with van der Waals surface area (Å²) < 4.78 is 38.2. The number of hydrogen-bond donors (Lipinski definition) is 1. The second-order valence-electron chi connectivity index (χ2n) is 5.33. The number of urea groups is 1. The van der Waals surface area contributed by atoms with Crippen molar-refractivity contribution in [3.8, 4) is 0 Å². The summed E-state index contributed by atoms with van der Waals surface area (Å²) in [6.45, 7) is 0.360. The summed E-state index contributed by atoms with van der Waals surface area (Å²) in [5, 5.41) is 5.31. The Morgan fingerprint density at radius 2 is 2.29 bits per heavy atom. The van der Waals surface area contributed by atoms with E-state index in [2.05, 4.69) is 10.3 Å². The largest absolute Gasteiger partial charge is 0.391 e. The fraction of sp³-hybridized carbons (Fsp3) is 0.692. The molecule has 2 atom stereocenters. The molecule has 0 saturated heterocycles. The molecule has 2 amide bonds. The van der Waals surface area contributed by atoms with E-state index in [-0.39, 0.29) is 18.9 Å². The molecule has 2 rings (SSSR count). The number of aromatic nitrogens is 1. The topological polar surface area (TPSA) is 45.2 Å². The van der Waals surface area contributed by atoms with E-state index in [1.807, 2.05) is 5.38 Å². The van der Waals surface area contributed by atoms with Crippen molar-refractivity contribution in [1.29, 1.82) is 0 Å². The van der Waals surface area contributed by atoms with E-state index in [4.69, 9.17) is 0 Å². The fourth-order valence-corrected chi connectivity index (χ4v) is 3.18. The first-order valence-corrected chi connectivity index (χ1v) is 7.71. The Bertz CT molecular complexity index is 464. The molecule has 8 heteroatoms. The lowest BCUT2D eigenvalue weighted by Gasteiger charge is -2.32. The molecular weight excluding hydrogens is 303 g/mol. The van der Waals surface area contributed by atoms with Crippen LogP contribution in [0.4, 0.5) is 18.0 Å². The van der Waals surface area contributed by atoms with Crippen LogP contribution in [0, 0.1) is 5.92 Å². The number of amides is 2. The van der Waals surface area contributed by atoms with Crippen LogP contribution in [0.25, 0.3) is 0 Å². The van der Waals surface area contributed by atoms with E-state index < -0.39 is 18.1 Å². The summed E-state index contributed by atoms with van der Waals surface area (Å²) in [5.74, 6) is -1.30. The van der Waals surface area contributed by atoms with Gasteiger partial charge in [-0.05, 0) is 19.3 Å². The summed E-state index contributed by atoms with van der Waals surface area (Å²) >= 11 is 1.44. The predicted molar refractivity (Wildman–Crippen MR) is 73.9 cm³/mol. The molecular formula is C13H18F3N3OS. The van der Waals surface area contributed by atoms with E-state index in [1.165, 1.54) is 16.2 Å². The number of rotatable bonds is 3. The van der Waals surface area contributed by atoms with Crippen molar-refractivity contribution in [2.24, 2.45) is 5.92 Å². The summed E-state index contributed by atoms with van der Waals surface area (Å²) in [5.41, 5.74) is 0. The first-order chi connectivity index (χ1) is 9.86. The van der Waals surface area contributed by atoms with Gasteiger partial charge in [0, 0.05) is 24.7 Å². The van der Waals surface area contributed by atoms with Gasteiger partial charge in [0.2, 0.25) is 0 Å². The van der Waals surface area contributed by atoms with Gasteiger partial charge in [0.25, 0.3) is 0 Å². The smallest absolute Gasteiger partial charge is 0.335 e. The van der Waals surface area contributed by atoms with Gasteiger partial charge in [-0.3, -0.25) is 0 Å². The number of hydrogen-bond acceptors (Lipinski definition) is 3. The van der Waals surface area contributed by atoms with Crippen LogP contribution >= 0.6 is 11.3 Å². The minimum absolute atomic E-state index is 0.0274. The number of carbonyl (C=O) groups is 1. The van der Waals surface area contributed by atoms with E-state index in [9.17, 15) is 18.0 Å². The Labute approximate surface area is 125 Å². The normalized spacial score (nSPS) is 22.9. The van der Waals surface area contributed by atoms with E-state index in [0.717, 1.165) is 5.01 Å². The molecule has 1 aromatic heterocycles. The average molecular weight is 321 g/mol. The number of nitrogens with zero attached hydrogens (tertiary/aromatic N) is 2. The zero-order valence-corrected chi connectivity index (χ0v) is 12.5. The van der Waals surface area contributed by atoms with Crippen molar-refractivity contribution in [3.05, 3.63) is 16.6 Å². The van der Waals surface area contributed by atoms with Crippen LogP contribution in [0.5, 0.6) is 0 Å². The second-order valence-corrected chi connectivity index (χ2v) is 6.31. The number of carbonyl (C=O) groups excluding carboxylic acids is 1. The molecule has 1 fully saturated rings. The first-order valence-electron chi connectivity index (χ1n) is 6.83. The van der Waals surface area contributed by atoms with Gasteiger partial charge in [0.1, 0.15) is 5.01 Å². The molecule has 1 heterocycles. The van der Waals surface area contributed by atoms with Crippen LogP contribution < -0.4 is 5.32 Å². The van der Waals surface area contributed by atoms with Crippen molar-refractivity contribution in [2.75, 3.05) is 7.05 Å². The molecule has 21 heavy (non-hydrogen) atoms. The molecule has 1 aliphatic carbocycles. The second kappa shape index (κ2) is 6.64. The van der Waals surface area contributed by atoms with Crippen LogP contribution in [-0.4, -0.2) is 35.2 Å². The Morgan fingerprint density at radius 3 is 2.90 bits per heavy atom. The Balaban J connectivity index is 1.84. The quantitative estimate of drug-likeness (QED) is 0.927. The Kier molecular flexibility index (Phi) is 5.08. The molecule has 0 aliphatic heterocycles. The van der Waals surface area contributed by atoms with Crippen LogP contribution in [-0.2, 0) is 6.54 Å². The molecule has 1 N–H and O–H groups in total. The number of halogens is 3. The van der Waals surface area contributed by atoms with E-state index in [1.54, 1.807) is 13.2 Å². The van der Waals surface area contributed by atoms with Crippen molar-refractivity contribution in [2.45, 2.75) is 44.4 Å². The van der Waals surface area contributed by atoms with Crippen molar-refractivity contribution in [1.82, 2.24) is 15.2 Å². The van der Waals surface area contributed by atoms with Gasteiger partial charge in [-0.2, -0.15) is 13.2 Å². The molecule has 1 aromatic rings. The minimum Gasteiger partial charge on any atom is -0.335 e. The summed E-state index contributed by atoms with van der Waals surface area (Å²) in [7, 11) is 1.61. The molecule has 0 bridgehead atoms. The maximum absolute atomic E-state index is 12.7. The van der Waals surface area contributed by atoms with Gasteiger partial charge in [-0.15, -0.1) is 11.3 Å². The van der Waals surface area contributed by atoms with Gasteiger partial charge in [-0.1, -0.05) is 6.42 Å². The monoisotopic (exact) mass is 321 g/mol. The average Bonchev–Trinajstić information content (AvgIpc) is 2.91. The highest BCUT2D eigenvalue weighted by atomic mass is 32.1. The highest BCUT2D eigenvalue weighted by molar-refractivity contribution is 7.09. The molecule has 0 unspecified atom stereocenters. The third-order valence-corrected chi connectivity index (χ3v) is 4.43. The first kappa shape index (κ1) is 16.1.